The van der Waals surface area contributed by atoms with Crippen LogP contribution < -0.4 is 5.32 Å². The van der Waals surface area contributed by atoms with Crippen LogP contribution in [0.4, 0.5) is 0 Å². The summed E-state index contributed by atoms with van der Waals surface area (Å²) in [5.41, 5.74) is 0. The van der Waals surface area contributed by atoms with Gasteiger partial charge >= 0.3 is 5.97 Å². The largest absolute Gasteiger partial charge is 0.466 e. The van der Waals surface area contributed by atoms with Gasteiger partial charge in [-0.15, -0.1) is 0 Å². The van der Waals surface area contributed by atoms with Crippen LogP contribution in [0.3, 0.4) is 0 Å². The minimum atomic E-state index is -0.665. The van der Waals surface area contributed by atoms with Crippen LogP contribution in [0.15, 0.2) is 36.5 Å². The number of ether oxygens (including phenoxy) is 1. The maximum absolute atomic E-state index is 12.4. The molecule has 0 aliphatic carbocycles. The van der Waals surface area contributed by atoms with E-state index in [0.717, 1.165) is 51.4 Å². The number of hydrogen-bond acceptors (Lipinski definition) is 5. The third kappa shape index (κ3) is 49.5. The molecule has 64 heavy (non-hydrogen) atoms. The first kappa shape index (κ1) is 62.1. The highest BCUT2D eigenvalue weighted by molar-refractivity contribution is 5.76. The highest BCUT2D eigenvalue weighted by Gasteiger charge is 2.20. The topological polar surface area (TPSA) is 95.9 Å². The number of unbranched alkanes of at least 4 members (excludes halogenated alkanes) is 35. The molecule has 2 unspecified atom stereocenters. The Bertz CT molecular complexity index is 1040. The number of aliphatic hydroxyl groups excluding tert-OH is 2. The number of rotatable bonds is 52. The molecular weight excluding hydrogens is 791 g/mol. The van der Waals surface area contributed by atoms with E-state index in [-0.39, 0.29) is 18.5 Å². The van der Waals surface area contributed by atoms with Crippen LogP contribution in [0.5, 0.6) is 0 Å². The second kappa shape index (κ2) is 53.7. The van der Waals surface area contributed by atoms with Crippen molar-refractivity contribution in [2.24, 2.45) is 0 Å². The number of amides is 1. The summed E-state index contributed by atoms with van der Waals surface area (Å²) in [7, 11) is 0. The van der Waals surface area contributed by atoms with Gasteiger partial charge in [0.05, 0.1) is 25.4 Å². The fraction of sp³-hybridized carbons (Fsp3) is 0.862. The molecule has 0 radical (unpaired) electrons. The standard InChI is InChI=1S/C58H109NO5/c1-3-5-7-9-11-13-15-28-32-36-40-44-48-52-58(63)64-53-49-45-41-37-33-30-27-25-23-21-19-17-16-18-20-22-24-26-29-31-35-39-43-47-51-57(62)59-55(54-60)56(61)50-46-42-38-34-14-12-10-8-6-4-2/h7,9,13,15,18,20,55-56,60-61H,3-6,8,10-12,14,16-17,19,21-54H2,1-2H3,(H,59,62)/b9-7-,15-13-,20-18-. The Labute approximate surface area is 398 Å². The third-order valence-corrected chi connectivity index (χ3v) is 12.9. The predicted molar refractivity (Wildman–Crippen MR) is 278 cm³/mol. The van der Waals surface area contributed by atoms with E-state index in [0.29, 0.717) is 25.9 Å². The monoisotopic (exact) mass is 900 g/mol. The molecular formula is C58H109NO5. The zero-order valence-electron chi connectivity index (χ0n) is 42.8. The molecule has 6 nitrogen and oxygen atoms in total. The molecule has 0 heterocycles. The molecule has 0 aliphatic rings. The first-order valence-electron chi connectivity index (χ1n) is 28.2. The summed E-state index contributed by atoms with van der Waals surface area (Å²) in [4.78, 5) is 24.4. The van der Waals surface area contributed by atoms with Gasteiger partial charge in [-0.1, -0.05) is 243 Å². The van der Waals surface area contributed by atoms with Gasteiger partial charge in [0.25, 0.3) is 0 Å². The first-order valence-corrected chi connectivity index (χ1v) is 28.2. The van der Waals surface area contributed by atoms with E-state index in [4.69, 9.17) is 4.74 Å². The zero-order chi connectivity index (χ0) is 46.5. The molecule has 0 bridgehead atoms. The maximum Gasteiger partial charge on any atom is 0.305 e. The van der Waals surface area contributed by atoms with Crippen LogP contribution in [0.2, 0.25) is 0 Å². The van der Waals surface area contributed by atoms with E-state index in [1.165, 1.54) is 212 Å². The molecule has 0 saturated heterocycles. The van der Waals surface area contributed by atoms with E-state index in [1.807, 2.05) is 0 Å². The number of carbonyl (C=O) groups excluding carboxylic acids is 2. The number of nitrogens with one attached hydrogen (secondary N) is 1. The average molecular weight is 901 g/mol. The lowest BCUT2D eigenvalue weighted by Crippen LogP contribution is -2.45. The maximum atomic E-state index is 12.4. The SMILES string of the molecule is CCC/C=C\C/C=C\CCCCCCCC(=O)OCCCCCCCCCCCCCC/C=C\CCCCCCCCCCC(=O)NC(CO)C(O)CCCCCCCCCCCC. The van der Waals surface area contributed by atoms with E-state index >= 15 is 0 Å². The van der Waals surface area contributed by atoms with Gasteiger partial charge in [0.1, 0.15) is 0 Å². The quantitative estimate of drug-likeness (QED) is 0.0321. The van der Waals surface area contributed by atoms with Crippen molar-refractivity contribution < 1.29 is 24.5 Å². The van der Waals surface area contributed by atoms with Gasteiger partial charge in [0.2, 0.25) is 5.91 Å². The number of hydrogen-bond donors (Lipinski definition) is 3. The van der Waals surface area contributed by atoms with Crippen LogP contribution in [-0.2, 0) is 14.3 Å². The lowest BCUT2D eigenvalue weighted by atomic mass is 10.0. The van der Waals surface area contributed by atoms with Gasteiger partial charge in [-0.2, -0.15) is 0 Å². The summed E-state index contributed by atoms with van der Waals surface area (Å²) in [6, 6.07) is -0.543. The number of esters is 1. The molecule has 0 fully saturated rings. The summed E-state index contributed by atoms with van der Waals surface area (Å²) in [6.45, 7) is 4.87. The minimum absolute atomic E-state index is 0.00331. The van der Waals surface area contributed by atoms with Gasteiger partial charge < -0.3 is 20.3 Å². The van der Waals surface area contributed by atoms with Crippen LogP contribution in [0.25, 0.3) is 0 Å². The second-order valence-electron chi connectivity index (χ2n) is 19.3. The summed E-state index contributed by atoms with van der Waals surface area (Å²) in [5.74, 6) is -0.0448. The van der Waals surface area contributed by atoms with Crippen LogP contribution >= 0.6 is 0 Å². The van der Waals surface area contributed by atoms with Gasteiger partial charge in [-0.05, 0) is 77.0 Å². The van der Waals surface area contributed by atoms with Gasteiger partial charge in [0, 0.05) is 12.8 Å². The van der Waals surface area contributed by atoms with E-state index in [9.17, 15) is 19.8 Å². The van der Waals surface area contributed by atoms with Crippen molar-refractivity contribution in [1.82, 2.24) is 5.32 Å². The Hall–Kier alpha value is -1.92. The van der Waals surface area contributed by atoms with Crippen LogP contribution in [-0.4, -0.2) is 47.4 Å². The fourth-order valence-corrected chi connectivity index (χ4v) is 8.55. The molecule has 0 aromatic carbocycles. The minimum Gasteiger partial charge on any atom is -0.466 e. The predicted octanol–water partition coefficient (Wildman–Crippen LogP) is 17.2. The van der Waals surface area contributed by atoms with Gasteiger partial charge in [-0.25, -0.2) is 0 Å². The molecule has 0 spiro atoms. The molecule has 2 atom stereocenters. The Morgan fingerprint density at radius 2 is 0.812 bits per heavy atom. The second-order valence-corrected chi connectivity index (χ2v) is 19.3. The zero-order valence-corrected chi connectivity index (χ0v) is 42.8. The molecule has 0 rings (SSSR count). The summed E-state index contributed by atoms with van der Waals surface area (Å²) in [6.07, 6.45) is 65.7. The Kier molecular flexibility index (Phi) is 52.1. The molecule has 1 amide bonds. The third-order valence-electron chi connectivity index (χ3n) is 12.9. The highest BCUT2D eigenvalue weighted by atomic mass is 16.5. The van der Waals surface area contributed by atoms with E-state index in [1.54, 1.807) is 0 Å². The Morgan fingerprint density at radius 3 is 1.27 bits per heavy atom. The van der Waals surface area contributed by atoms with Crippen LogP contribution in [0, 0.1) is 0 Å². The van der Waals surface area contributed by atoms with Gasteiger partial charge in [0.15, 0.2) is 0 Å². The van der Waals surface area contributed by atoms with Crippen molar-refractivity contribution >= 4 is 11.9 Å². The van der Waals surface area contributed by atoms with E-state index in [2.05, 4.69) is 55.6 Å². The molecule has 376 valence electrons. The van der Waals surface area contributed by atoms with Crippen molar-refractivity contribution in [3.8, 4) is 0 Å². The lowest BCUT2D eigenvalue weighted by Gasteiger charge is -2.22. The summed E-state index contributed by atoms with van der Waals surface area (Å²) >= 11 is 0. The smallest absolute Gasteiger partial charge is 0.305 e. The highest BCUT2D eigenvalue weighted by Crippen LogP contribution is 2.16. The molecule has 3 N–H and O–H groups in total. The van der Waals surface area contributed by atoms with Crippen molar-refractivity contribution in [3.63, 3.8) is 0 Å². The molecule has 0 aromatic heterocycles. The van der Waals surface area contributed by atoms with Crippen LogP contribution in [0.1, 0.15) is 296 Å². The van der Waals surface area contributed by atoms with Gasteiger partial charge in [-0.3, -0.25) is 9.59 Å². The first-order chi connectivity index (χ1) is 31.5. The number of aliphatic hydroxyl groups is 2. The van der Waals surface area contributed by atoms with Crippen molar-refractivity contribution in [2.75, 3.05) is 13.2 Å². The number of carbonyl (C=O) groups is 2. The number of allylic oxidation sites excluding steroid dienone is 6. The molecule has 6 heteroatoms. The molecule has 0 saturated carbocycles. The average Bonchev–Trinajstić information content (AvgIpc) is 3.29. The van der Waals surface area contributed by atoms with Crippen molar-refractivity contribution in [3.05, 3.63) is 36.5 Å². The molecule has 0 aliphatic heterocycles. The molecule has 0 aromatic rings. The van der Waals surface area contributed by atoms with Crippen molar-refractivity contribution in [1.29, 1.82) is 0 Å². The van der Waals surface area contributed by atoms with Crippen molar-refractivity contribution in [2.45, 2.75) is 309 Å². The summed E-state index contributed by atoms with van der Waals surface area (Å²) in [5, 5.41) is 23.1. The normalized spacial score (nSPS) is 12.9. The van der Waals surface area contributed by atoms with E-state index < -0.39 is 12.1 Å². The Balaban J connectivity index is 3.39. The fourth-order valence-electron chi connectivity index (χ4n) is 8.55. The summed E-state index contributed by atoms with van der Waals surface area (Å²) < 4.78 is 5.46. The Morgan fingerprint density at radius 1 is 0.438 bits per heavy atom. The lowest BCUT2D eigenvalue weighted by molar-refractivity contribution is -0.143.